The number of fused-ring (bicyclic) bond motifs is 5. The number of benzene rings is 1. The van der Waals surface area contributed by atoms with E-state index in [2.05, 4.69) is 37.0 Å². The molecule has 4 unspecified atom stereocenters. The third-order valence-corrected chi connectivity index (χ3v) is 6.33. The fourth-order valence-electron chi connectivity index (χ4n) is 4.06. The smallest absolute Gasteiger partial charge is 0.255 e. The molecule has 0 spiro atoms. The lowest BCUT2D eigenvalue weighted by Crippen LogP contribution is -2.28. The minimum atomic E-state index is -0.584. The maximum Gasteiger partial charge on any atom is 0.255 e. The predicted molar refractivity (Wildman–Crippen MR) is 104 cm³/mol. The monoisotopic (exact) mass is 495 g/mol. The number of ether oxygens (including phenoxy) is 1. The maximum absolute atomic E-state index is 12.6. The number of allylic oxidation sites excluding steroid dienone is 2. The van der Waals surface area contributed by atoms with Crippen LogP contribution >= 0.6 is 31.9 Å². The van der Waals surface area contributed by atoms with Crippen LogP contribution in [0.15, 0.2) is 38.3 Å². The normalized spacial score (nSPS) is 28.4. The summed E-state index contributed by atoms with van der Waals surface area (Å²) in [5.41, 5.74) is 5.74. The molecule has 9 heteroatoms. The minimum Gasteiger partial charge on any atom is -0.481 e. The Morgan fingerprint density at radius 1 is 1.19 bits per heavy atom. The predicted octanol–water partition coefficient (Wildman–Crippen LogP) is 2.22. The van der Waals surface area contributed by atoms with E-state index < -0.39 is 5.91 Å². The molecule has 1 saturated heterocycles. The Hall–Kier alpha value is -2.00. The number of rotatable bonds is 5. The highest BCUT2D eigenvalue weighted by atomic mass is 79.9. The van der Waals surface area contributed by atoms with E-state index >= 15 is 0 Å². The molecule has 0 radical (unpaired) electrons. The first-order chi connectivity index (χ1) is 12.9. The summed E-state index contributed by atoms with van der Waals surface area (Å²) in [5.74, 6) is -0.838. The molecule has 140 valence electrons. The van der Waals surface area contributed by atoms with Crippen LogP contribution in [-0.4, -0.2) is 35.6 Å². The molecule has 1 aromatic rings. The SMILES string of the molecule is NC(=O)COc1c(Br)cc(C=NN2C(=O)C3C4C=CC(C4)C3C2=O)cc1Br. The van der Waals surface area contributed by atoms with Crippen LogP contribution in [0.5, 0.6) is 5.75 Å². The Balaban J connectivity index is 1.53. The van der Waals surface area contributed by atoms with Crippen LogP contribution in [0, 0.1) is 23.7 Å². The second-order valence-corrected chi connectivity index (χ2v) is 8.51. The maximum atomic E-state index is 12.6. The lowest BCUT2D eigenvalue weighted by atomic mass is 9.85. The number of nitrogens with two attached hydrogens (primary N) is 1. The molecule has 4 rings (SSSR count). The van der Waals surface area contributed by atoms with Gasteiger partial charge in [-0.25, -0.2) is 0 Å². The molecule has 27 heavy (non-hydrogen) atoms. The highest BCUT2D eigenvalue weighted by Gasteiger charge is 2.59. The molecule has 1 heterocycles. The molecule has 4 atom stereocenters. The van der Waals surface area contributed by atoms with Crippen molar-refractivity contribution in [2.45, 2.75) is 6.42 Å². The third kappa shape index (κ3) is 3.12. The van der Waals surface area contributed by atoms with Crippen LogP contribution in [0.25, 0.3) is 0 Å². The second-order valence-electron chi connectivity index (χ2n) is 6.80. The van der Waals surface area contributed by atoms with Crippen molar-refractivity contribution in [2.24, 2.45) is 34.5 Å². The van der Waals surface area contributed by atoms with Gasteiger partial charge in [0, 0.05) is 0 Å². The molecule has 1 saturated carbocycles. The zero-order chi connectivity index (χ0) is 19.3. The van der Waals surface area contributed by atoms with Gasteiger partial charge in [0.15, 0.2) is 6.61 Å². The van der Waals surface area contributed by atoms with Gasteiger partial charge in [-0.1, -0.05) is 12.2 Å². The Bertz CT molecular complexity index is 861. The molecule has 2 N–H and O–H groups in total. The van der Waals surface area contributed by atoms with Gasteiger partial charge in [-0.05, 0) is 67.8 Å². The zero-order valence-corrected chi connectivity index (χ0v) is 17.1. The van der Waals surface area contributed by atoms with E-state index in [0.29, 0.717) is 20.3 Å². The Labute approximate surface area is 171 Å². The fourth-order valence-corrected chi connectivity index (χ4v) is 5.51. The van der Waals surface area contributed by atoms with Crippen molar-refractivity contribution in [2.75, 3.05) is 6.61 Å². The van der Waals surface area contributed by atoms with Crippen molar-refractivity contribution in [3.05, 3.63) is 38.8 Å². The molecule has 2 aliphatic carbocycles. The van der Waals surface area contributed by atoms with Crippen LogP contribution in [0.1, 0.15) is 12.0 Å². The standard InChI is InChI=1S/C18H15Br2N3O4/c19-11-3-8(4-12(20)16(11)27-7-13(21)24)6-22-23-17(25)14-9-1-2-10(5-9)15(14)18(23)26/h1-4,6,9-10,14-15H,5,7H2,(H2,21,24). The number of amides is 3. The van der Waals surface area contributed by atoms with Gasteiger partial charge in [0.25, 0.3) is 17.7 Å². The van der Waals surface area contributed by atoms with Crippen LogP contribution in [0.3, 0.4) is 0 Å². The van der Waals surface area contributed by atoms with E-state index in [1.807, 2.05) is 12.2 Å². The largest absolute Gasteiger partial charge is 0.481 e. The lowest BCUT2D eigenvalue weighted by molar-refractivity contribution is -0.140. The van der Waals surface area contributed by atoms with E-state index in [4.69, 9.17) is 10.5 Å². The summed E-state index contributed by atoms with van der Waals surface area (Å²) in [4.78, 5) is 36.1. The summed E-state index contributed by atoms with van der Waals surface area (Å²) in [6.07, 6.45) is 6.43. The van der Waals surface area contributed by atoms with E-state index in [9.17, 15) is 14.4 Å². The van der Waals surface area contributed by atoms with Gasteiger partial charge in [0.2, 0.25) is 0 Å². The molecule has 3 amide bonds. The van der Waals surface area contributed by atoms with Crippen LogP contribution in [-0.2, 0) is 14.4 Å². The number of hydrazone groups is 1. The zero-order valence-electron chi connectivity index (χ0n) is 14.0. The van der Waals surface area contributed by atoms with Crippen LogP contribution < -0.4 is 10.5 Å². The average Bonchev–Trinajstić information content (AvgIpc) is 3.27. The molecule has 2 fully saturated rings. The Morgan fingerprint density at radius 2 is 1.74 bits per heavy atom. The number of nitrogens with zero attached hydrogens (tertiary/aromatic N) is 2. The molecular formula is C18H15Br2N3O4. The minimum absolute atomic E-state index is 0.154. The van der Waals surface area contributed by atoms with Gasteiger partial charge >= 0.3 is 0 Å². The van der Waals surface area contributed by atoms with Crippen molar-refractivity contribution < 1.29 is 19.1 Å². The summed E-state index contributed by atoms with van der Waals surface area (Å²) in [5, 5.41) is 5.15. The van der Waals surface area contributed by atoms with Crippen molar-refractivity contribution in [1.82, 2.24) is 5.01 Å². The van der Waals surface area contributed by atoms with Gasteiger partial charge in [-0.2, -0.15) is 10.1 Å². The first-order valence-corrected chi connectivity index (χ1v) is 9.95. The number of carbonyl (C=O) groups is 3. The second kappa shape index (κ2) is 6.87. The molecular weight excluding hydrogens is 482 g/mol. The summed E-state index contributed by atoms with van der Waals surface area (Å²) >= 11 is 6.73. The van der Waals surface area contributed by atoms with Crippen molar-refractivity contribution >= 4 is 55.8 Å². The summed E-state index contributed by atoms with van der Waals surface area (Å²) in [7, 11) is 0. The quantitative estimate of drug-likeness (QED) is 0.383. The van der Waals surface area contributed by atoms with E-state index in [1.165, 1.54) is 6.21 Å². The van der Waals surface area contributed by atoms with Crippen LogP contribution in [0.2, 0.25) is 0 Å². The van der Waals surface area contributed by atoms with Crippen LogP contribution in [0.4, 0.5) is 0 Å². The molecule has 0 aromatic heterocycles. The topological polar surface area (TPSA) is 102 Å². The number of imide groups is 1. The number of hydrogen-bond donors (Lipinski definition) is 1. The molecule has 7 nitrogen and oxygen atoms in total. The highest BCUT2D eigenvalue weighted by Crippen LogP contribution is 2.52. The van der Waals surface area contributed by atoms with Crippen molar-refractivity contribution in [3.8, 4) is 5.75 Å². The van der Waals surface area contributed by atoms with E-state index in [-0.39, 0.29) is 42.1 Å². The molecule has 3 aliphatic rings. The lowest BCUT2D eigenvalue weighted by Gasteiger charge is -2.13. The van der Waals surface area contributed by atoms with E-state index in [1.54, 1.807) is 12.1 Å². The molecule has 2 bridgehead atoms. The number of halogens is 2. The average molecular weight is 497 g/mol. The summed E-state index contributed by atoms with van der Waals surface area (Å²) in [6.45, 7) is -0.249. The molecule has 1 aromatic carbocycles. The van der Waals surface area contributed by atoms with Gasteiger partial charge in [-0.3, -0.25) is 14.4 Å². The van der Waals surface area contributed by atoms with Gasteiger partial charge < -0.3 is 10.5 Å². The summed E-state index contributed by atoms with van der Waals surface area (Å²) < 4.78 is 6.50. The van der Waals surface area contributed by atoms with Gasteiger partial charge in [0.05, 0.1) is 27.0 Å². The fraction of sp³-hybridized carbons (Fsp3) is 0.333. The highest BCUT2D eigenvalue weighted by molar-refractivity contribution is 9.11. The van der Waals surface area contributed by atoms with Crippen molar-refractivity contribution in [1.29, 1.82) is 0 Å². The number of primary amides is 1. The van der Waals surface area contributed by atoms with Gasteiger partial charge in [-0.15, -0.1) is 0 Å². The van der Waals surface area contributed by atoms with Gasteiger partial charge in [0.1, 0.15) is 5.75 Å². The first kappa shape index (κ1) is 18.4. The first-order valence-electron chi connectivity index (χ1n) is 8.37. The van der Waals surface area contributed by atoms with E-state index in [0.717, 1.165) is 11.4 Å². The Kier molecular flexibility index (Phi) is 4.67. The summed E-state index contributed by atoms with van der Waals surface area (Å²) in [6, 6.07) is 3.42. The number of carbonyl (C=O) groups excluding carboxylic acids is 3. The Morgan fingerprint density at radius 3 is 2.26 bits per heavy atom. The molecule has 1 aliphatic heterocycles. The van der Waals surface area contributed by atoms with Crippen molar-refractivity contribution in [3.63, 3.8) is 0 Å². The third-order valence-electron chi connectivity index (χ3n) is 5.15. The number of hydrogen-bond acceptors (Lipinski definition) is 5.